The Bertz CT molecular complexity index is 894. The Morgan fingerprint density at radius 2 is 1.62 bits per heavy atom. The van der Waals surface area contributed by atoms with Gasteiger partial charge in [-0.3, -0.25) is 0 Å². The summed E-state index contributed by atoms with van der Waals surface area (Å²) in [7, 11) is 0. The maximum absolute atomic E-state index is 13.1. The van der Waals surface area contributed by atoms with Crippen LogP contribution in [0.5, 0.6) is 5.75 Å². The summed E-state index contributed by atoms with van der Waals surface area (Å²) in [5.41, 5.74) is 9.72. The van der Waals surface area contributed by atoms with Crippen LogP contribution in [0, 0.1) is 0 Å². The molecule has 0 radical (unpaired) electrons. The molecule has 1 aliphatic heterocycles. The molecule has 0 spiro atoms. The van der Waals surface area contributed by atoms with Crippen molar-refractivity contribution in [3.63, 3.8) is 0 Å². The zero-order valence-corrected chi connectivity index (χ0v) is 14.1. The molecule has 0 saturated carbocycles. The van der Waals surface area contributed by atoms with Crippen LogP contribution in [0.25, 0.3) is 0 Å². The van der Waals surface area contributed by atoms with Gasteiger partial charge in [0, 0.05) is 28.7 Å². The van der Waals surface area contributed by atoms with Crippen LogP contribution < -0.4 is 10.5 Å². The summed E-state index contributed by atoms with van der Waals surface area (Å²) in [6.45, 7) is 0.443. The molecule has 4 heteroatoms. The van der Waals surface area contributed by atoms with E-state index in [0.29, 0.717) is 18.0 Å². The highest BCUT2D eigenvalue weighted by atomic mass is 19.3. The Morgan fingerprint density at radius 3 is 2.31 bits per heavy atom. The molecule has 4 rings (SSSR count). The second kappa shape index (κ2) is 6.79. The van der Waals surface area contributed by atoms with Gasteiger partial charge in [-0.15, -0.1) is 0 Å². The molecule has 2 nitrogen and oxygen atoms in total. The molecule has 0 bridgehead atoms. The lowest BCUT2D eigenvalue weighted by atomic mass is 9.75. The molecule has 132 valence electrons. The first-order valence-corrected chi connectivity index (χ1v) is 8.58. The largest absolute Gasteiger partial charge is 0.493 e. The number of benzene rings is 3. The molecule has 2 unspecified atom stereocenters. The Balaban J connectivity index is 1.83. The van der Waals surface area contributed by atoms with Crippen molar-refractivity contribution < 1.29 is 13.5 Å². The van der Waals surface area contributed by atoms with Crippen LogP contribution >= 0.6 is 0 Å². The minimum atomic E-state index is -2.51. The lowest BCUT2D eigenvalue weighted by Gasteiger charge is -2.35. The van der Waals surface area contributed by atoms with E-state index >= 15 is 0 Å². The normalized spacial score (nSPS) is 19.0. The average Bonchev–Trinajstić information content (AvgIpc) is 2.68. The summed E-state index contributed by atoms with van der Waals surface area (Å²) >= 11 is 0. The first-order chi connectivity index (χ1) is 12.6. The van der Waals surface area contributed by atoms with Crippen molar-refractivity contribution in [1.82, 2.24) is 0 Å². The van der Waals surface area contributed by atoms with Crippen LogP contribution in [0.3, 0.4) is 0 Å². The van der Waals surface area contributed by atoms with Gasteiger partial charge < -0.3 is 10.5 Å². The van der Waals surface area contributed by atoms with Crippen molar-refractivity contribution in [3.8, 4) is 5.75 Å². The van der Waals surface area contributed by atoms with E-state index in [2.05, 4.69) is 12.1 Å². The molecule has 0 amide bonds. The Morgan fingerprint density at radius 1 is 0.885 bits per heavy atom. The third-order valence-corrected chi connectivity index (χ3v) is 4.97. The molecule has 2 atom stereocenters. The van der Waals surface area contributed by atoms with Crippen molar-refractivity contribution in [2.24, 2.45) is 0 Å². The quantitative estimate of drug-likeness (QED) is 0.631. The van der Waals surface area contributed by atoms with Gasteiger partial charge in [-0.2, -0.15) is 0 Å². The van der Waals surface area contributed by atoms with Gasteiger partial charge in [0.2, 0.25) is 0 Å². The van der Waals surface area contributed by atoms with Gasteiger partial charge in [0.15, 0.2) is 0 Å². The summed E-state index contributed by atoms with van der Waals surface area (Å²) in [6, 6.07) is 22.6. The molecular weight excluding hydrogens is 332 g/mol. The van der Waals surface area contributed by atoms with Crippen molar-refractivity contribution in [3.05, 3.63) is 95.1 Å². The van der Waals surface area contributed by atoms with E-state index in [1.165, 1.54) is 12.1 Å². The predicted octanol–water partition coefficient (Wildman–Crippen LogP) is 5.51. The zero-order chi connectivity index (χ0) is 18.1. The molecule has 2 N–H and O–H groups in total. The van der Waals surface area contributed by atoms with E-state index < -0.39 is 6.43 Å². The Labute approximate surface area is 151 Å². The van der Waals surface area contributed by atoms with Crippen LogP contribution in [-0.4, -0.2) is 6.61 Å². The van der Waals surface area contributed by atoms with Gasteiger partial charge in [0.25, 0.3) is 6.43 Å². The first-order valence-electron chi connectivity index (χ1n) is 8.58. The van der Waals surface area contributed by atoms with Gasteiger partial charge in [-0.05, 0) is 29.3 Å². The summed E-state index contributed by atoms with van der Waals surface area (Å²) in [5, 5.41) is 0. The number of nitrogens with two attached hydrogens (primary N) is 1. The van der Waals surface area contributed by atoms with Crippen molar-refractivity contribution in [1.29, 1.82) is 0 Å². The molecule has 0 aliphatic carbocycles. The molecule has 1 heterocycles. The van der Waals surface area contributed by atoms with Gasteiger partial charge in [-0.1, -0.05) is 54.6 Å². The van der Waals surface area contributed by atoms with Gasteiger partial charge in [0.1, 0.15) is 5.75 Å². The summed E-state index contributed by atoms with van der Waals surface area (Å²) in [6.07, 6.45) is -2.51. The molecule has 0 aromatic heterocycles. The smallest absolute Gasteiger partial charge is 0.263 e. The van der Waals surface area contributed by atoms with Crippen LogP contribution in [0.1, 0.15) is 40.5 Å². The zero-order valence-electron chi connectivity index (χ0n) is 14.1. The number of rotatable bonds is 3. The summed E-state index contributed by atoms with van der Waals surface area (Å²) in [4.78, 5) is 0. The highest BCUT2D eigenvalue weighted by Gasteiger charge is 2.33. The number of hydrogen-bond donors (Lipinski definition) is 1. The van der Waals surface area contributed by atoms with Gasteiger partial charge in [-0.25, -0.2) is 8.78 Å². The minimum absolute atomic E-state index is 0.0158. The van der Waals surface area contributed by atoms with Gasteiger partial charge >= 0.3 is 0 Å². The van der Waals surface area contributed by atoms with Crippen molar-refractivity contribution >= 4 is 5.69 Å². The number of fused-ring (bicyclic) bond motifs is 1. The molecule has 3 aromatic carbocycles. The van der Waals surface area contributed by atoms with E-state index in [1.54, 1.807) is 6.07 Å². The standard InChI is InChI=1S/C22H19F2NO/c23-22(24)16-8-11-18-20(12-16)26-13-19(14-4-2-1-3-5-14)21(18)15-6-9-17(25)10-7-15/h1-12,19,21-22H,13,25H2. The molecule has 0 fully saturated rings. The fourth-order valence-electron chi connectivity index (χ4n) is 3.67. The SMILES string of the molecule is Nc1ccc(C2c3ccc(C(F)F)cc3OCC2c2ccccc2)cc1. The number of halogens is 2. The van der Waals surface area contributed by atoms with E-state index in [9.17, 15) is 8.78 Å². The van der Waals surface area contributed by atoms with Crippen molar-refractivity contribution in [2.45, 2.75) is 18.3 Å². The lowest BCUT2D eigenvalue weighted by molar-refractivity contribution is 0.150. The Kier molecular flexibility index (Phi) is 4.33. The lowest BCUT2D eigenvalue weighted by Crippen LogP contribution is -2.25. The molecule has 1 aliphatic rings. The van der Waals surface area contributed by atoms with Crippen LogP contribution in [0.2, 0.25) is 0 Å². The summed E-state index contributed by atoms with van der Waals surface area (Å²) < 4.78 is 32.0. The fraction of sp³-hybridized carbons (Fsp3) is 0.182. The first kappa shape index (κ1) is 16.6. The third-order valence-electron chi connectivity index (χ3n) is 4.97. The highest BCUT2D eigenvalue weighted by Crippen LogP contribution is 2.46. The molecule has 26 heavy (non-hydrogen) atoms. The maximum atomic E-state index is 13.1. The number of hydrogen-bond acceptors (Lipinski definition) is 2. The monoisotopic (exact) mass is 351 g/mol. The molecule has 0 saturated heterocycles. The maximum Gasteiger partial charge on any atom is 0.263 e. The van der Waals surface area contributed by atoms with E-state index in [1.807, 2.05) is 42.5 Å². The van der Waals surface area contributed by atoms with E-state index in [4.69, 9.17) is 10.5 Å². The number of nitrogen functional groups attached to an aromatic ring is 1. The predicted molar refractivity (Wildman–Crippen MR) is 98.8 cm³/mol. The van der Waals surface area contributed by atoms with Crippen LogP contribution in [-0.2, 0) is 0 Å². The minimum Gasteiger partial charge on any atom is -0.493 e. The number of ether oxygens (including phenoxy) is 1. The van der Waals surface area contributed by atoms with Gasteiger partial charge in [0.05, 0.1) is 6.61 Å². The fourth-order valence-corrected chi connectivity index (χ4v) is 3.67. The second-order valence-electron chi connectivity index (χ2n) is 6.57. The molecule has 3 aromatic rings. The summed E-state index contributed by atoms with van der Waals surface area (Å²) in [5.74, 6) is 0.662. The number of alkyl halides is 2. The van der Waals surface area contributed by atoms with Crippen LogP contribution in [0.15, 0.2) is 72.8 Å². The van der Waals surface area contributed by atoms with Crippen molar-refractivity contribution in [2.75, 3.05) is 12.3 Å². The third kappa shape index (κ3) is 3.03. The Hall–Kier alpha value is -2.88. The topological polar surface area (TPSA) is 35.2 Å². The second-order valence-corrected chi connectivity index (χ2v) is 6.57. The average molecular weight is 351 g/mol. The number of anilines is 1. The van der Waals surface area contributed by atoms with Crippen LogP contribution in [0.4, 0.5) is 14.5 Å². The highest BCUT2D eigenvalue weighted by molar-refractivity contribution is 5.51. The van der Waals surface area contributed by atoms with E-state index in [-0.39, 0.29) is 17.4 Å². The van der Waals surface area contributed by atoms with E-state index in [0.717, 1.165) is 16.7 Å². The molecular formula is C22H19F2NO.